The van der Waals surface area contributed by atoms with Crippen molar-refractivity contribution in [3.8, 4) is 0 Å². The van der Waals surface area contributed by atoms with Gasteiger partial charge in [-0.05, 0) is 66.7 Å². The Morgan fingerprint density at radius 3 is 2.87 bits per heavy atom. The van der Waals surface area contributed by atoms with Crippen LogP contribution in [0.5, 0.6) is 0 Å². The Labute approximate surface area is 149 Å². The highest BCUT2D eigenvalue weighted by Gasteiger charge is 2.26. The van der Waals surface area contributed by atoms with Crippen LogP contribution in [0.15, 0.2) is 15.9 Å². The number of thiophene rings is 1. The summed E-state index contributed by atoms with van der Waals surface area (Å²) in [5.41, 5.74) is 2.01. The molecule has 0 unspecified atom stereocenters. The average molecular weight is 396 g/mol. The van der Waals surface area contributed by atoms with Crippen molar-refractivity contribution in [1.82, 2.24) is 14.8 Å². The van der Waals surface area contributed by atoms with Crippen LogP contribution in [-0.2, 0) is 6.54 Å². The number of likely N-dealkylation sites (tertiary alicyclic amines) is 1. The third kappa shape index (κ3) is 3.35. The number of nitrogens with one attached hydrogen (secondary N) is 1. The van der Waals surface area contributed by atoms with Crippen molar-refractivity contribution < 1.29 is 4.79 Å². The largest absolute Gasteiger partial charge is 0.349 e. The van der Waals surface area contributed by atoms with Crippen LogP contribution in [0.4, 0.5) is 0 Å². The molecule has 0 spiro atoms. The Kier molecular flexibility index (Phi) is 4.48. The van der Waals surface area contributed by atoms with Gasteiger partial charge < -0.3 is 14.8 Å². The summed E-state index contributed by atoms with van der Waals surface area (Å²) in [6.07, 6.45) is 5.17. The Morgan fingerprint density at radius 1 is 1.35 bits per heavy atom. The Hall–Kier alpha value is -0.850. The molecule has 0 radical (unpaired) electrons. The number of halogens is 1. The summed E-state index contributed by atoms with van der Waals surface area (Å²) in [6, 6.07) is 2.05. The molecule has 1 saturated carbocycles. The minimum atomic E-state index is 0.0696. The van der Waals surface area contributed by atoms with Crippen LogP contribution in [0, 0.1) is 5.92 Å². The lowest BCUT2D eigenvalue weighted by molar-refractivity contribution is 0.0940. The molecule has 2 aliphatic rings. The van der Waals surface area contributed by atoms with Gasteiger partial charge in [-0.25, -0.2) is 0 Å². The summed E-state index contributed by atoms with van der Waals surface area (Å²) < 4.78 is 4.52. The van der Waals surface area contributed by atoms with Crippen LogP contribution in [-0.4, -0.2) is 41.6 Å². The Bertz CT molecular complexity index is 713. The number of fused-ring (bicyclic) bond motifs is 1. The number of aromatic nitrogens is 1. The molecule has 124 valence electrons. The van der Waals surface area contributed by atoms with E-state index in [4.69, 9.17) is 0 Å². The molecule has 0 atom stereocenters. The Balaban J connectivity index is 1.48. The van der Waals surface area contributed by atoms with Gasteiger partial charge in [-0.3, -0.25) is 4.79 Å². The summed E-state index contributed by atoms with van der Waals surface area (Å²) in [5, 5.41) is 5.23. The predicted molar refractivity (Wildman–Crippen MR) is 98.2 cm³/mol. The van der Waals surface area contributed by atoms with Gasteiger partial charge in [-0.2, -0.15) is 0 Å². The SMILES string of the molecule is O=C(NCCN1CCCC1)c1cc2scc(Br)c2n1CC1CC1. The highest BCUT2D eigenvalue weighted by molar-refractivity contribution is 9.10. The zero-order valence-electron chi connectivity index (χ0n) is 13.2. The molecule has 2 aromatic heterocycles. The van der Waals surface area contributed by atoms with Crippen molar-refractivity contribution in [2.24, 2.45) is 5.92 Å². The molecule has 1 amide bonds. The number of hydrogen-bond acceptors (Lipinski definition) is 3. The van der Waals surface area contributed by atoms with E-state index in [1.165, 1.54) is 49.0 Å². The zero-order valence-corrected chi connectivity index (χ0v) is 15.6. The molecule has 1 aliphatic carbocycles. The third-order valence-corrected chi connectivity index (χ3v) is 6.69. The van der Waals surface area contributed by atoms with Crippen LogP contribution >= 0.6 is 27.3 Å². The van der Waals surface area contributed by atoms with Crippen molar-refractivity contribution in [3.63, 3.8) is 0 Å². The van der Waals surface area contributed by atoms with Gasteiger partial charge >= 0.3 is 0 Å². The van der Waals surface area contributed by atoms with Gasteiger partial charge in [0.1, 0.15) is 5.69 Å². The minimum absolute atomic E-state index is 0.0696. The number of rotatable bonds is 6. The van der Waals surface area contributed by atoms with Crippen LogP contribution < -0.4 is 5.32 Å². The second-order valence-corrected chi connectivity index (χ2v) is 8.45. The van der Waals surface area contributed by atoms with E-state index in [0.29, 0.717) is 0 Å². The monoisotopic (exact) mass is 395 g/mol. The van der Waals surface area contributed by atoms with Crippen LogP contribution in [0.25, 0.3) is 10.2 Å². The second-order valence-electron chi connectivity index (χ2n) is 6.68. The highest BCUT2D eigenvalue weighted by Crippen LogP contribution is 2.37. The summed E-state index contributed by atoms with van der Waals surface area (Å²) in [4.78, 5) is 15.1. The molecule has 1 N–H and O–H groups in total. The van der Waals surface area contributed by atoms with Crippen molar-refractivity contribution in [3.05, 3.63) is 21.6 Å². The molecule has 1 aliphatic heterocycles. The fourth-order valence-electron chi connectivity index (χ4n) is 3.39. The zero-order chi connectivity index (χ0) is 15.8. The first-order chi connectivity index (χ1) is 11.2. The molecule has 4 nitrogen and oxygen atoms in total. The van der Waals surface area contributed by atoms with Gasteiger partial charge in [0.05, 0.1) is 14.7 Å². The van der Waals surface area contributed by atoms with Crippen molar-refractivity contribution >= 4 is 43.4 Å². The van der Waals surface area contributed by atoms with Crippen molar-refractivity contribution in [2.75, 3.05) is 26.2 Å². The molecular formula is C17H22BrN3OS. The number of amides is 1. The topological polar surface area (TPSA) is 37.3 Å². The molecule has 3 heterocycles. The van der Waals surface area contributed by atoms with E-state index in [0.717, 1.165) is 35.7 Å². The van der Waals surface area contributed by atoms with Gasteiger partial charge in [0.15, 0.2) is 0 Å². The first kappa shape index (κ1) is 15.7. The molecule has 6 heteroatoms. The van der Waals surface area contributed by atoms with Gasteiger partial charge in [-0.1, -0.05) is 0 Å². The lowest BCUT2D eigenvalue weighted by atomic mass is 10.3. The average Bonchev–Trinajstić information content (AvgIpc) is 2.95. The fraction of sp³-hybridized carbons (Fsp3) is 0.588. The molecule has 1 saturated heterocycles. The number of nitrogens with zero attached hydrogens (tertiary/aromatic N) is 2. The third-order valence-electron chi connectivity index (χ3n) is 4.86. The normalized spacial score (nSPS) is 18.8. The first-order valence-electron chi connectivity index (χ1n) is 8.49. The van der Waals surface area contributed by atoms with Crippen molar-refractivity contribution in [2.45, 2.75) is 32.2 Å². The number of carbonyl (C=O) groups is 1. The highest BCUT2D eigenvalue weighted by atomic mass is 79.9. The summed E-state index contributed by atoms with van der Waals surface area (Å²) in [6.45, 7) is 5.02. The van der Waals surface area contributed by atoms with E-state index in [9.17, 15) is 4.79 Å². The van der Waals surface area contributed by atoms with Crippen molar-refractivity contribution in [1.29, 1.82) is 0 Å². The number of hydrogen-bond donors (Lipinski definition) is 1. The van der Waals surface area contributed by atoms with Gasteiger partial charge in [-0.15, -0.1) is 11.3 Å². The van der Waals surface area contributed by atoms with E-state index in [1.54, 1.807) is 11.3 Å². The lowest BCUT2D eigenvalue weighted by Gasteiger charge is -2.15. The maximum Gasteiger partial charge on any atom is 0.268 e. The lowest BCUT2D eigenvalue weighted by Crippen LogP contribution is -2.34. The van der Waals surface area contributed by atoms with E-state index in [2.05, 4.69) is 42.2 Å². The van der Waals surface area contributed by atoms with E-state index >= 15 is 0 Å². The van der Waals surface area contributed by atoms with Crippen LogP contribution in [0.3, 0.4) is 0 Å². The van der Waals surface area contributed by atoms with Crippen LogP contribution in [0.2, 0.25) is 0 Å². The molecule has 0 bridgehead atoms. The predicted octanol–water partition coefficient (Wildman–Crippen LogP) is 3.70. The molecule has 0 aromatic carbocycles. The van der Waals surface area contributed by atoms with E-state index < -0.39 is 0 Å². The summed E-state index contributed by atoms with van der Waals surface area (Å²) in [7, 11) is 0. The molecule has 2 fully saturated rings. The van der Waals surface area contributed by atoms with Gasteiger partial charge in [0.25, 0.3) is 5.91 Å². The van der Waals surface area contributed by atoms with Crippen LogP contribution in [0.1, 0.15) is 36.2 Å². The smallest absolute Gasteiger partial charge is 0.268 e. The number of carbonyl (C=O) groups excluding carboxylic acids is 1. The molecular weight excluding hydrogens is 374 g/mol. The summed E-state index contributed by atoms with van der Waals surface area (Å²) >= 11 is 5.34. The Morgan fingerprint density at radius 2 is 2.13 bits per heavy atom. The summed E-state index contributed by atoms with van der Waals surface area (Å²) in [5.74, 6) is 0.814. The molecule has 4 rings (SSSR count). The van der Waals surface area contributed by atoms with Gasteiger partial charge in [0, 0.05) is 25.0 Å². The van der Waals surface area contributed by atoms with Gasteiger partial charge in [0.2, 0.25) is 0 Å². The first-order valence-corrected chi connectivity index (χ1v) is 10.2. The fourth-order valence-corrected chi connectivity index (χ4v) is 5.08. The maximum absolute atomic E-state index is 12.7. The standard InChI is InChI=1S/C17H22BrN3OS/c18-13-11-23-15-9-14(21(16(13)15)10-12-3-4-12)17(22)19-5-8-20-6-1-2-7-20/h9,11-12H,1-8,10H2,(H,19,22). The second kappa shape index (κ2) is 6.57. The maximum atomic E-state index is 12.7. The van der Waals surface area contributed by atoms with E-state index in [1.807, 2.05) is 0 Å². The molecule has 23 heavy (non-hydrogen) atoms. The minimum Gasteiger partial charge on any atom is -0.349 e. The molecule has 2 aromatic rings. The van der Waals surface area contributed by atoms with E-state index in [-0.39, 0.29) is 5.91 Å². The quantitative estimate of drug-likeness (QED) is 0.809.